The van der Waals surface area contributed by atoms with Gasteiger partial charge in [-0.25, -0.2) is 0 Å². The summed E-state index contributed by atoms with van der Waals surface area (Å²) in [5, 5.41) is 2.78. The van der Waals surface area contributed by atoms with Crippen LogP contribution in [0.5, 0.6) is 23.0 Å². The Kier molecular flexibility index (Phi) is 5.05. The van der Waals surface area contributed by atoms with Gasteiger partial charge >= 0.3 is 0 Å². The third kappa shape index (κ3) is 3.71. The van der Waals surface area contributed by atoms with Gasteiger partial charge in [-0.1, -0.05) is 24.3 Å². The SMILES string of the molecule is COc1ccccc1OCCNC(=O)[C@H]1COc2ccccc2O1. The van der Waals surface area contributed by atoms with Gasteiger partial charge in [-0.05, 0) is 24.3 Å². The van der Waals surface area contributed by atoms with E-state index in [1.54, 1.807) is 13.2 Å². The molecule has 126 valence electrons. The molecule has 0 spiro atoms. The molecule has 0 unspecified atom stereocenters. The summed E-state index contributed by atoms with van der Waals surface area (Å²) in [6, 6.07) is 14.6. The van der Waals surface area contributed by atoms with E-state index in [4.69, 9.17) is 18.9 Å². The van der Waals surface area contributed by atoms with E-state index in [0.29, 0.717) is 36.1 Å². The summed E-state index contributed by atoms with van der Waals surface area (Å²) < 4.78 is 22.0. The highest BCUT2D eigenvalue weighted by Crippen LogP contribution is 2.30. The van der Waals surface area contributed by atoms with Crippen LogP contribution in [0.3, 0.4) is 0 Å². The predicted molar refractivity (Wildman–Crippen MR) is 87.9 cm³/mol. The molecule has 0 fully saturated rings. The molecule has 0 aliphatic carbocycles. The van der Waals surface area contributed by atoms with E-state index >= 15 is 0 Å². The van der Waals surface area contributed by atoms with Gasteiger partial charge in [0.15, 0.2) is 23.0 Å². The zero-order chi connectivity index (χ0) is 16.8. The molecule has 0 aromatic heterocycles. The molecule has 0 radical (unpaired) electrons. The number of carbonyl (C=O) groups excluding carboxylic acids is 1. The van der Waals surface area contributed by atoms with Gasteiger partial charge in [-0.15, -0.1) is 0 Å². The Labute approximate surface area is 140 Å². The van der Waals surface area contributed by atoms with Crippen molar-refractivity contribution in [2.24, 2.45) is 0 Å². The van der Waals surface area contributed by atoms with E-state index in [2.05, 4.69) is 5.32 Å². The molecular weight excluding hydrogens is 310 g/mol. The average molecular weight is 329 g/mol. The zero-order valence-corrected chi connectivity index (χ0v) is 13.4. The fourth-order valence-electron chi connectivity index (χ4n) is 2.34. The third-order valence-corrected chi connectivity index (χ3v) is 3.53. The van der Waals surface area contributed by atoms with Gasteiger partial charge in [-0.3, -0.25) is 4.79 Å². The van der Waals surface area contributed by atoms with Gasteiger partial charge in [0.25, 0.3) is 5.91 Å². The number of hydrogen-bond acceptors (Lipinski definition) is 5. The maximum Gasteiger partial charge on any atom is 0.264 e. The molecule has 1 heterocycles. The molecular formula is C18H19NO5. The lowest BCUT2D eigenvalue weighted by molar-refractivity contribution is -0.130. The molecule has 0 saturated heterocycles. The maximum absolute atomic E-state index is 12.1. The fourth-order valence-corrected chi connectivity index (χ4v) is 2.34. The second-order valence-electron chi connectivity index (χ2n) is 5.15. The highest BCUT2D eigenvalue weighted by molar-refractivity contribution is 5.81. The quantitative estimate of drug-likeness (QED) is 0.822. The van der Waals surface area contributed by atoms with Crippen LogP contribution in [0.1, 0.15) is 0 Å². The first-order chi connectivity index (χ1) is 11.8. The van der Waals surface area contributed by atoms with Crippen molar-refractivity contribution in [1.82, 2.24) is 5.32 Å². The number of nitrogens with one attached hydrogen (secondary N) is 1. The highest BCUT2D eigenvalue weighted by atomic mass is 16.6. The van der Waals surface area contributed by atoms with Crippen molar-refractivity contribution in [1.29, 1.82) is 0 Å². The van der Waals surface area contributed by atoms with Crippen molar-refractivity contribution in [2.45, 2.75) is 6.10 Å². The molecule has 1 amide bonds. The summed E-state index contributed by atoms with van der Waals surface area (Å²) >= 11 is 0. The zero-order valence-electron chi connectivity index (χ0n) is 13.4. The molecule has 1 atom stereocenters. The van der Waals surface area contributed by atoms with Crippen LogP contribution in [-0.2, 0) is 4.79 Å². The van der Waals surface area contributed by atoms with Gasteiger partial charge in [0.05, 0.1) is 13.7 Å². The van der Waals surface area contributed by atoms with Gasteiger partial charge < -0.3 is 24.3 Å². The number of hydrogen-bond donors (Lipinski definition) is 1. The fraction of sp³-hybridized carbons (Fsp3) is 0.278. The third-order valence-electron chi connectivity index (χ3n) is 3.53. The van der Waals surface area contributed by atoms with E-state index < -0.39 is 6.10 Å². The number of para-hydroxylation sites is 4. The van der Waals surface area contributed by atoms with Crippen molar-refractivity contribution < 1.29 is 23.7 Å². The largest absolute Gasteiger partial charge is 0.493 e. The summed E-state index contributed by atoms with van der Waals surface area (Å²) in [6.45, 7) is 0.880. The molecule has 2 aromatic carbocycles. The summed E-state index contributed by atoms with van der Waals surface area (Å²) in [4.78, 5) is 12.1. The summed E-state index contributed by atoms with van der Waals surface area (Å²) in [6.07, 6.45) is -0.661. The van der Waals surface area contributed by atoms with Crippen molar-refractivity contribution in [3.05, 3.63) is 48.5 Å². The molecule has 0 bridgehead atoms. The Bertz CT molecular complexity index is 703. The number of rotatable bonds is 6. The number of fused-ring (bicyclic) bond motifs is 1. The monoisotopic (exact) mass is 329 g/mol. The standard InChI is InChI=1S/C18H19NO5/c1-21-13-6-2-3-7-14(13)22-11-10-19-18(20)17-12-23-15-8-4-5-9-16(15)24-17/h2-9,17H,10-12H2,1H3,(H,19,20)/t17-/m1/s1. The lowest BCUT2D eigenvalue weighted by Crippen LogP contribution is -2.45. The minimum atomic E-state index is -0.661. The first-order valence-electron chi connectivity index (χ1n) is 7.70. The summed E-state index contributed by atoms with van der Waals surface area (Å²) in [5.74, 6) is 2.30. The van der Waals surface area contributed by atoms with Crippen molar-refractivity contribution in [3.8, 4) is 23.0 Å². The normalized spacial score (nSPS) is 15.5. The summed E-state index contributed by atoms with van der Waals surface area (Å²) in [7, 11) is 1.59. The van der Waals surface area contributed by atoms with Crippen LogP contribution in [0.2, 0.25) is 0 Å². The second kappa shape index (κ2) is 7.59. The van der Waals surface area contributed by atoms with Crippen LogP contribution >= 0.6 is 0 Å². The first kappa shape index (κ1) is 16.0. The molecule has 1 aliphatic rings. The van der Waals surface area contributed by atoms with Crippen LogP contribution in [0.15, 0.2) is 48.5 Å². The van der Waals surface area contributed by atoms with E-state index in [0.717, 1.165) is 0 Å². The van der Waals surface area contributed by atoms with Gasteiger partial charge in [0.1, 0.15) is 13.2 Å². The number of carbonyl (C=O) groups is 1. The lowest BCUT2D eigenvalue weighted by atomic mass is 10.2. The van der Waals surface area contributed by atoms with Crippen molar-refractivity contribution >= 4 is 5.91 Å². The lowest BCUT2D eigenvalue weighted by Gasteiger charge is -2.25. The van der Waals surface area contributed by atoms with Gasteiger partial charge in [0.2, 0.25) is 6.10 Å². The number of methoxy groups -OCH3 is 1. The molecule has 1 N–H and O–H groups in total. The predicted octanol–water partition coefficient (Wildman–Crippen LogP) is 2.03. The topological polar surface area (TPSA) is 66.0 Å². The highest BCUT2D eigenvalue weighted by Gasteiger charge is 2.26. The van der Waals surface area contributed by atoms with Gasteiger partial charge in [0, 0.05) is 0 Å². The molecule has 2 aromatic rings. The Morgan fingerprint density at radius 1 is 1.12 bits per heavy atom. The van der Waals surface area contributed by atoms with Crippen LogP contribution in [0.25, 0.3) is 0 Å². The smallest absolute Gasteiger partial charge is 0.264 e. The Hall–Kier alpha value is -2.89. The molecule has 3 rings (SSSR count). The molecule has 0 saturated carbocycles. The number of ether oxygens (including phenoxy) is 4. The molecule has 1 aliphatic heterocycles. The number of benzene rings is 2. The van der Waals surface area contributed by atoms with E-state index in [-0.39, 0.29) is 12.5 Å². The Morgan fingerprint density at radius 3 is 2.62 bits per heavy atom. The van der Waals surface area contributed by atoms with Crippen LogP contribution in [0.4, 0.5) is 0 Å². The van der Waals surface area contributed by atoms with E-state index in [1.165, 1.54) is 0 Å². The van der Waals surface area contributed by atoms with E-state index in [1.807, 2.05) is 42.5 Å². The van der Waals surface area contributed by atoms with Gasteiger partial charge in [-0.2, -0.15) is 0 Å². The van der Waals surface area contributed by atoms with Crippen LogP contribution in [0, 0.1) is 0 Å². The second-order valence-corrected chi connectivity index (χ2v) is 5.15. The Morgan fingerprint density at radius 2 is 1.83 bits per heavy atom. The minimum absolute atomic E-state index is 0.191. The van der Waals surface area contributed by atoms with Crippen LogP contribution < -0.4 is 24.3 Å². The van der Waals surface area contributed by atoms with Crippen molar-refractivity contribution in [2.75, 3.05) is 26.9 Å². The van der Waals surface area contributed by atoms with Crippen molar-refractivity contribution in [3.63, 3.8) is 0 Å². The molecule has 6 nitrogen and oxygen atoms in total. The van der Waals surface area contributed by atoms with E-state index in [9.17, 15) is 4.79 Å². The van der Waals surface area contributed by atoms with Crippen LogP contribution in [-0.4, -0.2) is 38.9 Å². The Balaban J connectivity index is 1.45. The first-order valence-corrected chi connectivity index (χ1v) is 7.70. The average Bonchev–Trinajstić information content (AvgIpc) is 2.65. The molecule has 6 heteroatoms. The number of amides is 1. The minimum Gasteiger partial charge on any atom is -0.493 e. The molecule has 24 heavy (non-hydrogen) atoms. The summed E-state index contributed by atoms with van der Waals surface area (Å²) in [5.41, 5.74) is 0. The maximum atomic E-state index is 12.1.